The zero-order chi connectivity index (χ0) is 10.7. The topological polar surface area (TPSA) is 64.1 Å². The van der Waals surface area contributed by atoms with Gasteiger partial charge in [0.1, 0.15) is 5.52 Å². The van der Waals surface area contributed by atoms with Gasteiger partial charge in [-0.15, -0.1) is 0 Å². The summed E-state index contributed by atoms with van der Waals surface area (Å²) in [5.74, 6) is 0. The van der Waals surface area contributed by atoms with E-state index in [1.54, 1.807) is 0 Å². The van der Waals surface area contributed by atoms with E-state index in [1.165, 1.54) is 12.0 Å². The molecule has 0 spiro atoms. The zero-order valence-corrected chi connectivity index (χ0v) is 8.73. The maximum absolute atomic E-state index is 5.64. The standard InChI is InChI=1S/C11H15N3O/c1-8(12)5-13-6-9-2-3-10-11(4-9)15-7-14-10/h2-4,7-8,13H,5-6,12H2,1H3. The van der Waals surface area contributed by atoms with Crippen LogP contribution in [0.25, 0.3) is 11.1 Å². The lowest BCUT2D eigenvalue weighted by atomic mass is 10.2. The van der Waals surface area contributed by atoms with Crippen LogP contribution in [0.4, 0.5) is 0 Å². The summed E-state index contributed by atoms with van der Waals surface area (Å²) in [7, 11) is 0. The van der Waals surface area contributed by atoms with Crippen LogP contribution in [-0.2, 0) is 6.54 Å². The van der Waals surface area contributed by atoms with E-state index >= 15 is 0 Å². The highest BCUT2D eigenvalue weighted by molar-refractivity contribution is 5.72. The predicted molar refractivity (Wildman–Crippen MR) is 59.4 cm³/mol. The number of nitrogens with zero attached hydrogens (tertiary/aromatic N) is 1. The van der Waals surface area contributed by atoms with Gasteiger partial charge in [-0.05, 0) is 24.6 Å². The van der Waals surface area contributed by atoms with Gasteiger partial charge in [0.05, 0.1) is 0 Å². The van der Waals surface area contributed by atoms with E-state index in [9.17, 15) is 0 Å². The zero-order valence-electron chi connectivity index (χ0n) is 8.73. The molecule has 3 N–H and O–H groups in total. The lowest BCUT2D eigenvalue weighted by Crippen LogP contribution is -2.30. The number of hydrogen-bond donors (Lipinski definition) is 2. The second-order valence-corrected chi connectivity index (χ2v) is 3.76. The van der Waals surface area contributed by atoms with Gasteiger partial charge < -0.3 is 15.5 Å². The molecule has 1 atom stereocenters. The van der Waals surface area contributed by atoms with Crippen LogP contribution in [0.1, 0.15) is 12.5 Å². The molecule has 2 rings (SSSR count). The van der Waals surface area contributed by atoms with E-state index in [4.69, 9.17) is 10.2 Å². The van der Waals surface area contributed by atoms with E-state index in [1.807, 2.05) is 25.1 Å². The van der Waals surface area contributed by atoms with Crippen molar-refractivity contribution in [3.63, 3.8) is 0 Å². The molecule has 2 aromatic rings. The number of aromatic nitrogens is 1. The molecule has 80 valence electrons. The van der Waals surface area contributed by atoms with Crippen molar-refractivity contribution >= 4 is 11.1 Å². The number of rotatable bonds is 4. The fourth-order valence-corrected chi connectivity index (χ4v) is 1.45. The lowest BCUT2D eigenvalue weighted by molar-refractivity contribution is 0.597. The van der Waals surface area contributed by atoms with E-state index in [0.29, 0.717) is 0 Å². The van der Waals surface area contributed by atoms with Crippen molar-refractivity contribution in [2.45, 2.75) is 19.5 Å². The average molecular weight is 205 g/mol. The van der Waals surface area contributed by atoms with Crippen LogP contribution in [0.5, 0.6) is 0 Å². The molecule has 1 heterocycles. The van der Waals surface area contributed by atoms with Crippen LogP contribution in [0.3, 0.4) is 0 Å². The molecule has 0 amide bonds. The Morgan fingerprint density at radius 3 is 3.20 bits per heavy atom. The second kappa shape index (κ2) is 4.42. The smallest absolute Gasteiger partial charge is 0.181 e. The molecular formula is C11H15N3O. The summed E-state index contributed by atoms with van der Waals surface area (Å²) in [5, 5.41) is 3.27. The number of fused-ring (bicyclic) bond motifs is 1. The molecule has 4 nitrogen and oxygen atoms in total. The normalized spacial score (nSPS) is 13.2. The van der Waals surface area contributed by atoms with Gasteiger partial charge in [0.2, 0.25) is 0 Å². The minimum absolute atomic E-state index is 0.180. The first-order valence-corrected chi connectivity index (χ1v) is 5.04. The molecule has 0 aliphatic carbocycles. The molecule has 0 saturated heterocycles. The van der Waals surface area contributed by atoms with Crippen LogP contribution >= 0.6 is 0 Å². The second-order valence-electron chi connectivity index (χ2n) is 3.76. The van der Waals surface area contributed by atoms with E-state index in [-0.39, 0.29) is 6.04 Å². The number of nitrogens with one attached hydrogen (secondary N) is 1. The number of hydrogen-bond acceptors (Lipinski definition) is 4. The molecule has 15 heavy (non-hydrogen) atoms. The van der Waals surface area contributed by atoms with Crippen LogP contribution in [0, 0.1) is 0 Å². The Hall–Kier alpha value is -1.39. The van der Waals surface area contributed by atoms with Crippen LogP contribution < -0.4 is 11.1 Å². The quantitative estimate of drug-likeness (QED) is 0.788. The summed E-state index contributed by atoms with van der Waals surface area (Å²) in [5.41, 5.74) is 8.54. The molecule has 1 aromatic heterocycles. The average Bonchev–Trinajstić information content (AvgIpc) is 2.64. The van der Waals surface area contributed by atoms with Crippen LogP contribution in [0.2, 0.25) is 0 Å². The fourth-order valence-electron chi connectivity index (χ4n) is 1.45. The summed E-state index contributed by atoms with van der Waals surface area (Å²) >= 11 is 0. The van der Waals surface area contributed by atoms with Gasteiger partial charge in [0.25, 0.3) is 0 Å². The van der Waals surface area contributed by atoms with Crippen molar-refractivity contribution in [3.8, 4) is 0 Å². The van der Waals surface area contributed by atoms with Crippen LogP contribution in [-0.4, -0.2) is 17.6 Å². The summed E-state index contributed by atoms with van der Waals surface area (Å²) in [6.07, 6.45) is 1.46. The molecule has 0 saturated carbocycles. The summed E-state index contributed by atoms with van der Waals surface area (Å²) in [4.78, 5) is 4.06. The maximum atomic E-state index is 5.64. The lowest BCUT2D eigenvalue weighted by Gasteiger charge is -2.07. The molecule has 1 unspecified atom stereocenters. The Kier molecular flexibility index (Phi) is 2.99. The minimum atomic E-state index is 0.180. The first-order chi connectivity index (χ1) is 7.25. The van der Waals surface area contributed by atoms with Gasteiger partial charge in [-0.2, -0.15) is 0 Å². The highest BCUT2D eigenvalue weighted by Gasteiger charge is 2.00. The summed E-state index contributed by atoms with van der Waals surface area (Å²) < 4.78 is 5.22. The molecule has 0 fully saturated rings. The number of nitrogens with two attached hydrogens (primary N) is 1. The Bertz CT molecular complexity index is 436. The Morgan fingerprint density at radius 2 is 2.40 bits per heavy atom. The van der Waals surface area contributed by atoms with Gasteiger partial charge in [-0.3, -0.25) is 0 Å². The largest absolute Gasteiger partial charge is 0.443 e. The first kappa shape index (κ1) is 10.1. The maximum Gasteiger partial charge on any atom is 0.181 e. The van der Waals surface area contributed by atoms with Crippen molar-refractivity contribution in [1.82, 2.24) is 10.3 Å². The van der Waals surface area contributed by atoms with E-state index in [0.717, 1.165) is 24.2 Å². The Morgan fingerprint density at radius 1 is 1.53 bits per heavy atom. The van der Waals surface area contributed by atoms with E-state index < -0.39 is 0 Å². The van der Waals surface area contributed by atoms with Crippen molar-refractivity contribution in [3.05, 3.63) is 30.2 Å². The Balaban J connectivity index is 2.02. The highest BCUT2D eigenvalue weighted by atomic mass is 16.3. The predicted octanol–water partition coefficient (Wildman–Crippen LogP) is 1.26. The van der Waals surface area contributed by atoms with Crippen molar-refractivity contribution < 1.29 is 4.42 Å². The number of benzene rings is 1. The first-order valence-electron chi connectivity index (χ1n) is 5.04. The summed E-state index contributed by atoms with van der Waals surface area (Å²) in [6, 6.07) is 6.18. The van der Waals surface area contributed by atoms with Crippen molar-refractivity contribution in [2.75, 3.05) is 6.54 Å². The molecule has 0 radical (unpaired) electrons. The monoisotopic (exact) mass is 205 g/mol. The fraction of sp³-hybridized carbons (Fsp3) is 0.364. The van der Waals surface area contributed by atoms with Gasteiger partial charge in [0, 0.05) is 19.1 Å². The highest BCUT2D eigenvalue weighted by Crippen LogP contribution is 2.13. The van der Waals surface area contributed by atoms with Gasteiger partial charge in [-0.1, -0.05) is 6.07 Å². The minimum Gasteiger partial charge on any atom is -0.443 e. The van der Waals surface area contributed by atoms with E-state index in [2.05, 4.69) is 10.3 Å². The molecule has 0 aliphatic rings. The SMILES string of the molecule is CC(N)CNCc1ccc2ncoc2c1. The van der Waals surface area contributed by atoms with Crippen molar-refractivity contribution in [2.24, 2.45) is 5.73 Å². The molecule has 4 heteroatoms. The molecule has 0 bridgehead atoms. The molecule has 1 aromatic carbocycles. The van der Waals surface area contributed by atoms with Gasteiger partial charge in [0.15, 0.2) is 12.0 Å². The van der Waals surface area contributed by atoms with Crippen molar-refractivity contribution in [1.29, 1.82) is 0 Å². The number of oxazole rings is 1. The van der Waals surface area contributed by atoms with Crippen LogP contribution in [0.15, 0.2) is 29.0 Å². The third kappa shape index (κ3) is 2.55. The van der Waals surface area contributed by atoms with Gasteiger partial charge in [-0.25, -0.2) is 4.98 Å². The molecular weight excluding hydrogens is 190 g/mol. The third-order valence-corrected chi connectivity index (χ3v) is 2.19. The summed E-state index contributed by atoms with van der Waals surface area (Å²) in [6.45, 7) is 3.60. The third-order valence-electron chi connectivity index (χ3n) is 2.19. The van der Waals surface area contributed by atoms with Gasteiger partial charge >= 0.3 is 0 Å². The molecule has 0 aliphatic heterocycles. The Labute approximate surface area is 88.5 Å².